The third-order valence-electron chi connectivity index (χ3n) is 1.11. The van der Waals surface area contributed by atoms with Crippen LogP contribution in [0.5, 0.6) is 0 Å². The van der Waals surface area contributed by atoms with Crippen LogP contribution in [-0.2, 0) is 12.1 Å². The molecule has 1 rings (SSSR count). The first-order valence-corrected chi connectivity index (χ1v) is 3.51. The summed E-state index contributed by atoms with van der Waals surface area (Å²) in [5.74, 6) is -1.03. The van der Waals surface area contributed by atoms with Gasteiger partial charge in [0.1, 0.15) is 0 Å². The molecule has 1 aromatic rings. The molecule has 0 bridgehead atoms. The lowest BCUT2D eigenvalue weighted by molar-refractivity contribution is -0.145. The minimum absolute atomic E-state index is 0. The first-order valence-electron chi connectivity index (χ1n) is 2.98. The van der Waals surface area contributed by atoms with Crippen molar-refractivity contribution in [2.45, 2.75) is 12.1 Å². The topological polar surface area (TPSA) is 25.8 Å². The van der Waals surface area contributed by atoms with E-state index in [0.29, 0.717) is 5.56 Å². The van der Waals surface area contributed by atoms with Crippen LogP contribution in [0.25, 0.3) is 0 Å². The second-order valence-corrected chi connectivity index (χ2v) is 2.31. The lowest BCUT2D eigenvalue weighted by Crippen LogP contribution is -2.10. The fraction of sp³-hybridized carbons (Fsp3) is 0.333. The van der Waals surface area contributed by atoms with Crippen LogP contribution < -0.4 is 0 Å². The van der Waals surface area contributed by atoms with Crippen molar-refractivity contribution in [2.75, 3.05) is 0 Å². The maximum absolute atomic E-state index is 11.9. The Kier molecular flexibility index (Phi) is 4.43. The Balaban J connectivity index is 0.00000144. The molecule has 1 heterocycles. The van der Waals surface area contributed by atoms with Gasteiger partial charge in [0.15, 0.2) is 0 Å². The predicted octanol–water partition coefficient (Wildman–Crippen LogP) is 2.66. The molecule has 0 saturated heterocycles. The molecule has 0 saturated carbocycles. The monoisotopic (exact) mass is 232 g/mol. The Morgan fingerprint density at radius 3 is 2.00 bits per heavy atom. The molecular formula is C6H5Cl2F3N2. The average molecular weight is 233 g/mol. The van der Waals surface area contributed by atoms with E-state index in [0.717, 1.165) is 12.4 Å². The fourth-order valence-corrected chi connectivity index (χ4v) is 0.708. The molecule has 0 atom stereocenters. The predicted molar refractivity (Wildman–Crippen MR) is 43.8 cm³/mol. The number of alkyl halides is 4. The first-order chi connectivity index (χ1) is 5.54. The lowest BCUT2D eigenvalue weighted by atomic mass is 10.4. The van der Waals surface area contributed by atoms with Gasteiger partial charge in [0, 0.05) is 18.0 Å². The van der Waals surface area contributed by atoms with Crippen LogP contribution in [0.15, 0.2) is 12.4 Å². The molecule has 0 radical (unpaired) electrons. The zero-order chi connectivity index (χ0) is 9.19. The van der Waals surface area contributed by atoms with Crippen molar-refractivity contribution in [3.05, 3.63) is 23.8 Å². The molecule has 1 aromatic heterocycles. The molecule has 0 fully saturated rings. The van der Waals surface area contributed by atoms with Crippen LogP contribution in [0, 0.1) is 0 Å². The first kappa shape index (κ1) is 12.4. The number of nitrogens with zero attached hydrogens (tertiary/aromatic N) is 2. The van der Waals surface area contributed by atoms with Crippen LogP contribution in [0.3, 0.4) is 0 Å². The SMILES string of the molecule is Cl.FC(F)(F)c1ncc(CCl)cn1. The highest BCUT2D eigenvalue weighted by Gasteiger charge is 2.34. The minimum Gasteiger partial charge on any atom is -0.233 e. The van der Waals surface area contributed by atoms with E-state index in [-0.39, 0.29) is 18.3 Å². The van der Waals surface area contributed by atoms with E-state index < -0.39 is 12.0 Å². The van der Waals surface area contributed by atoms with Crippen LogP contribution >= 0.6 is 24.0 Å². The Labute approximate surface area is 83.6 Å². The van der Waals surface area contributed by atoms with Gasteiger partial charge in [0.25, 0.3) is 0 Å². The summed E-state index contributed by atoms with van der Waals surface area (Å²) >= 11 is 5.33. The standard InChI is InChI=1S/C6H4ClF3N2.ClH/c7-1-4-2-11-5(12-3-4)6(8,9)10;/h2-3H,1H2;1H. The molecule has 0 aliphatic rings. The summed E-state index contributed by atoms with van der Waals surface area (Å²) in [5, 5.41) is 0. The maximum Gasteiger partial charge on any atom is 0.451 e. The van der Waals surface area contributed by atoms with Crippen LogP contribution in [0.2, 0.25) is 0 Å². The van der Waals surface area contributed by atoms with Crippen LogP contribution in [0.1, 0.15) is 11.4 Å². The van der Waals surface area contributed by atoms with E-state index in [1.165, 1.54) is 0 Å². The summed E-state index contributed by atoms with van der Waals surface area (Å²) in [5.41, 5.74) is 0.463. The van der Waals surface area contributed by atoms with E-state index in [4.69, 9.17) is 11.6 Å². The van der Waals surface area contributed by atoms with Gasteiger partial charge in [0.2, 0.25) is 5.82 Å². The third kappa shape index (κ3) is 3.36. The van der Waals surface area contributed by atoms with Crippen LogP contribution in [-0.4, -0.2) is 9.97 Å². The molecule has 13 heavy (non-hydrogen) atoms. The molecular weight excluding hydrogens is 228 g/mol. The second-order valence-electron chi connectivity index (χ2n) is 2.05. The second kappa shape index (κ2) is 4.62. The van der Waals surface area contributed by atoms with E-state index >= 15 is 0 Å². The zero-order valence-electron chi connectivity index (χ0n) is 6.18. The van der Waals surface area contributed by atoms with Crippen molar-refractivity contribution < 1.29 is 13.2 Å². The van der Waals surface area contributed by atoms with Crippen molar-refractivity contribution in [3.63, 3.8) is 0 Å². The Hall–Kier alpha value is -0.550. The third-order valence-corrected chi connectivity index (χ3v) is 1.42. The number of rotatable bonds is 1. The van der Waals surface area contributed by atoms with Crippen molar-refractivity contribution in [1.82, 2.24) is 9.97 Å². The summed E-state index contributed by atoms with van der Waals surface area (Å²) in [4.78, 5) is 6.20. The molecule has 0 aromatic carbocycles. The molecule has 2 nitrogen and oxygen atoms in total. The highest BCUT2D eigenvalue weighted by molar-refractivity contribution is 6.17. The van der Waals surface area contributed by atoms with Gasteiger partial charge in [-0.05, 0) is 0 Å². The highest BCUT2D eigenvalue weighted by Crippen LogP contribution is 2.25. The summed E-state index contributed by atoms with van der Waals surface area (Å²) in [7, 11) is 0. The molecule has 74 valence electrons. The van der Waals surface area contributed by atoms with Gasteiger partial charge in [-0.1, -0.05) is 0 Å². The average Bonchev–Trinajstić information content (AvgIpc) is 2.03. The minimum atomic E-state index is -4.48. The highest BCUT2D eigenvalue weighted by atomic mass is 35.5. The number of hydrogen-bond acceptors (Lipinski definition) is 2. The smallest absolute Gasteiger partial charge is 0.233 e. The zero-order valence-corrected chi connectivity index (χ0v) is 7.75. The summed E-state index contributed by atoms with van der Waals surface area (Å²) in [6, 6.07) is 0. The molecule has 0 aliphatic carbocycles. The van der Waals surface area contributed by atoms with Gasteiger partial charge in [0.05, 0.1) is 5.88 Å². The summed E-state index contributed by atoms with van der Waals surface area (Å²) < 4.78 is 35.6. The van der Waals surface area contributed by atoms with Crippen molar-refractivity contribution in [2.24, 2.45) is 0 Å². The molecule has 0 N–H and O–H groups in total. The van der Waals surface area contributed by atoms with Crippen molar-refractivity contribution >= 4 is 24.0 Å². The maximum atomic E-state index is 11.9. The number of halogens is 5. The van der Waals surface area contributed by atoms with Crippen molar-refractivity contribution in [1.29, 1.82) is 0 Å². The molecule has 0 amide bonds. The van der Waals surface area contributed by atoms with Gasteiger partial charge in [-0.3, -0.25) is 0 Å². The Morgan fingerprint density at radius 1 is 1.23 bits per heavy atom. The van der Waals surface area contributed by atoms with Gasteiger partial charge < -0.3 is 0 Å². The van der Waals surface area contributed by atoms with E-state index in [2.05, 4.69) is 9.97 Å². The van der Waals surface area contributed by atoms with Gasteiger partial charge in [-0.25, -0.2) is 9.97 Å². The Morgan fingerprint density at radius 2 is 1.69 bits per heavy atom. The van der Waals surface area contributed by atoms with Gasteiger partial charge in [-0.15, -0.1) is 24.0 Å². The summed E-state index contributed by atoms with van der Waals surface area (Å²) in [6.45, 7) is 0. The number of aromatic nitrogens is 2. The van der Waals surface area contributed by atoms with Gasteiger partial charge >= 0.3 is 6.18 Å². The summed E-state index contributed by atoms with van der Waals surface area (Å²) in [6.07, 6.45) is -2.36. The fourth-order valence-electron chi connectivity index (χ4n) is 0.570. The lowest BCUT2D eigenvalue weighted by Gasteiger charge is -2.03. The van der Waals surface area contributed by atoms with E-state index in [1.807, 2.05) is 0 Å². The van der Waals surface area contributed by atoms with Crippen LogP contribution in [0.4, 0.5) is 13.2 Å². The quantitative estimate of drug-likeness (QED) is 0.696. The normalized spacial score (nSPS) is 10.8. The van der Waals surface area contributed by atoms with E-state index in [1.54, 1.807) is 0 Å². The largest absolute Gasteiger partial charge is 0.451 e. The molecule has 0 unspecified atom stereocenters. The molecule has 7 heteroatoms. The van der Waals surface area contributed by atoms with Gasteiger partial charge in [-0.2, -0.15) is 13.2 Å². The molecule has 0 spiro atoms. The van der Waals surface area contributed by atoms with E-state index in [9.17, 15) is 13.2 Å². The molecule has 0 aliphatic heterocycles. The number of hydrogen-bond donors (Lipinski definition) is 0. The van der Waals surface area contributed by atoms with Crippen molar-refractivity contribution in [3.8, 4) is 0 Å². The Bertz CT molecular complexity index is 260.